The van der Waals surface area contributed by atoms with Crippen LogP contribution in [0.15, 0.2) is 0 Å². The van der Waals surface area contributed by atoms with Gasteiger partial charge in [-0.3, -0.25) is 0 Å². The predicted molar refractivity (Wildman–Crippen MR) is 61.5 cm³/mol. The van der Waals surface area contributed by atoms with Crippen molar-refractivity contribution in [2.75, 3.05) is 27.2 Å². The largest absolute Gasteiger partial charge is 0.444 e. The van der Waals surface area contributed by atoms with Crippen molar-refractivity contribution in [2.24, 2.45) is 0 Å². The van der Waals surface area contributed by atoms with Gasteiger partial charge in [0.15, 0.2) is 0 Å². The highest BCUT2D eigenvalue weighted by atomic mass is 16.6. The molecule has 1 heterocycles. The smallest absolute Gasteiger partial charge is 0.410 e. The number of carbonyl (C=O) groups is 1. The maximum atomic E-state index is 11.8. The lowest BCUT2D eigenvalue weighted by Gasteiger charge is -2.24. The van der Waals surface area contributed by atoms with E-state index in [1.54, 1.807) is 12.0 Å². The molecule has 0 saturated carbocycles. The van der Waals surface area contributed by atoms with E-state index in [4.69, 9.17) is 9.47 Å². The minimum absolute atomic E-state index is 0.0394. The predicted octanol–water partition coefficient (Wildman–Crippen LogP) is 0.840. The van der Waals surface area contributed by atoms with Gasteiger partial charge in [-0.1, -0.05) is 0 Å². The molecule has 0 spiro atoms. The van der Waals surface area contributed by atoms with Crippen molar-refractivity contribution in [2.45, 2.75) is 38.5 Å². The summed E-state index contributed by atoms with van der Waals surface area (Å²) >= 11 is 0. The van der Waals surface area contributed by atoms with E-state index in [0.29, 0.717) is 13.1 Å². The Morgan fingerprint density at radius 1 is 1.38 bits per heavy atom. The van der Waals surface area contributed by atoms with E-state index in [9.17, 15) is 4.79 Å². The van der Waals surface area contributed by atoms with Gasteiger partial charge in [0.1, 0.15) is 5.60 Å². The first-order valence-corrected chi connectivity index (χ1v) is 5.55. The van der Waals surface area contributed by atoms with Crippen molar-refractivity contribution in [1.82, 2.24) is 10.2 Å². The molecule has 0 bridgehead atoms. The minimum Gasteiger partial charge on any atom is -0.444 e. The molecule has 94 valence electrons. The van der Waals surface area contributed by atoms with Crippen molar-refractivity contribution >= 4 is 6.09 Å². The Morgan fingerprint density at radius 2 is 2.00 bits per heavy atom. The van der Waals surface area contributed by atoms with Crippen LogP contribution in [0, 0.1) is 0 Å². The molecule has 0 aromatic rings. The summed E-state index contributed by atoms with van der Waals surface area (Å²) in [6.45, 7) is 6.81. The summed E-state index contributed by atoms with van der Waals surface area (Å²) in [7, 11) is 3.53. The van der Waals surface area contributed by atoms with Gasteiger partial charge in [0, 0.05) is 13.7 Å². The number of amides is 1. The standard InChI is InChI=1S/C11H22N2O3/c1-11(2,3)16-10(14)13-6-8(12-4)9(7-13)15-5/h8-9,12H,6-7H2,1-5H3/t8-,9-/m1/s1. The maximum Gasteiger partial charge on any atom is 0.410 e. The fourth-order valence-electron chi connectivity index (χ4n) is 1.77. The van der Waals surface area contributed by atoms with Gasteiger partial charge in [-0.15, -0.1) is 0 Å². The molecular formula is C11H22N2O3. The van der Waals surface area contributed by atoms with Crippen LogP contribution in [0.1, 0.15) is 20.8 Å². The molecular weight excluding hydrogens is 208 g/mol. The third-order valence-corrected chi connectivity index (χ3v) is 2.59. The summed E-state index contributed by atoms with van der Waals surface area (Å²) < 4.78 is 10.6. The lowest BCUT2D eigenvalue weighted by atomic mass is 10.2. The first-order valence-electron chi connectivity index (χ1n) is 5.55. The molecule has 0 radical (unpaired) electrons. The maximum absolute atomic E-state index is 11.8. The lowest BCUT2D eigenvalue weighted by Crippen LogP contribution is -2.38. The topological polar surface area (TPSA) is 50.8 Å². The van der Waals surface area contributed by atoms with Crippen LogP contribution in [0.2, 0.25) is 0 Å². The third kappa shape index (κ3) is 3.35. The molecule has 1 N–H and O–H groups in total. The van der Waals surface area contributed by atoms with Crippen molar-refractivity contribution in [3.63, 3.8) is 0 Å². The molecule has 2 atom stereocenters. The van der Waals surface area contributed by atoms with E-state index in [1.165, 1.54) is 0 Å². The molecule has 1 aliphatic rings. The first-order chi connectivity index (χ1) is 7.37. The molecule has 1 fully saturated rings. The molecule has 5 nitrogen and oxygen atoms in total. The normalized spacial score (nSPS) is 25.9. The number of hydrogen-bond acceptors (Lipinski definition) is 4. The van der Waals surface area contributed by atoms with Gasteiger partial charge in [-0.2, -0.15) is 0 Å². The van der Waals surface area contributed by atoms with Crippen molar-refractivity contribution in [1.29, 1.82) is 0 Å². The van der Waals surface area contributed by atoms with Gasteiger partial charge >= 0.3 is 6.09 Å². The van der Waals surface area contributed by atoms with E-state index >= 15 is 0 Å². The van der Waals surface area contributed by atoms with Gasteiger partial charge < -0.3 is 19.7 Å². The fraction of sp³-hybridized carbons (Fsp3) is 0.909. The summed E-state index contributed by atoms with van der Waals surface area (Å²) in [6, 6.07) is 0.178. The molecule has 1 aliphatic heterocycles. The van der Waals surface area contributed by atoms with Crippen LogP contribution in [-0.4, -0.2) is 56.0 Å². The van der Waals surface area contributed by atoms with Crippen LogP contribution in [0.4, 0.5) is 4.79 Å². The molecule has 1 amide bonds. The van der Waals surface area contributed by atoms with Gasteiger partial charge in [0.2, 0.25) is 0 Å². The molecule has 5 heteroatoms. The van der Waals surface area contributed by atoms with E-state index in [0.717, 1.165) is 0 Å². The van der Waals surface area contributed by atoms with Crippen LogP contribution >= 0.6 is 0 Å². The Hall–Kier alpha value is -0.810. The highest BCUT2D eigenvalue weighted by Crippen LogP contribution is 2.17. The number of hydrogen-bond donors (Lipinski definition) is 1. The minimum atomic E-state index is -0.447. The van der Waals surface area contributed by atoms with Crippen LogP contribution in [-0.2, 0) is 9.47 Å². The zero-order valence-corrected chi connectivity index (χ0v) is 10.7. The number of likely N-dealkylation sites (N-methyl/N-ethyl adjacent to an activating group) is 1. The van der Waals surface area contributed by atoms with E-state index < -0.39 is 5.60 Å². The Bertz CT molecular complexity index is 238. The second kappa shape index (κ2) is 5.01. The summed E-state index contributed by atoms with van der Waals surface area (Å²) in [4.78, 5) is 13.5. The van der Waals surface area contributed by atoms with Gasteiger partial charge in [-0.05, 0) is 27.8 Å². The highest BCUT2D eigenvalue weighted by Gasteiger charge is 2.36. The molecule has 0 aromatic carbocycles. The van der Waals surface area contributed by atoms with E-state index in [2.05, 4.69) is 5.32 Å². The SMILES string of the molecule is CN[C@@H]1CN(C(=O)OC(C)(C)C)C[C@H]1OC. The van der Waals surface area contributed by atoms with E-state index in [-0.39, 0.29) is 18.2 Å². The quantitative estimate of drug-likeness (QED) is 0.763. The number of methoxy groups -OCH3 is 1. The molecule has 0 aromatic heterocycles. The average Bonchev–Trinajstić information content (AvgIpc) is 2.57. The number of rotatable bonds is 2. The molecule has 16 heavy (non-hydrogen) atoms. The lowest BCUT2D eigenvalue weighted by molar-refractivity contribution is 0.0252. The third-order valence-electron chi connectivity index (χ3n) is 2.59. The first kappa shape index (κ1) is 13.3. The van der Waals surface area contributed by atoms with Crippen LogP contribution in [0.5, 0.6) is 0 Å². The second-order valence-electron chi connectivity index (χ2n) is 5.05. The van der Waals surface area contributed by atoms with Crippen molar-refractivity contribution < 1.29 is 14.3 Å². The summed E-state index contributed by atoms with van der Waals surface area (Å²) in [5.74, 6) is 0. The fourth-order valence-corrected chi connectivity index (χ4v) is 1.77. The van der Waals surface area contributed by atoms with Gasteiger partial charge in [0.25, 0.3) is 0 Å². The van der Waals surface area contributed by atoms with Gasteiger partial charge in [0.05, 0.1) is 18.7 Å². The number of nitrogens with zero attached hydrogens (tertiary/aromatic N) is 1. The van der Waals surface area contributed by atoms with Crippen molar-refractivity contribution in [3.05, 3.63) is 0 Å². The Morgan fingerprint density at radius 3 is 2.38 bits per heavy atom. The van der Waals surface area contributed by atoms with Crippen LogP contribution < -0.4 is 5.32 Å². The second-order valence-corrected chi connectivity index (χ2v) is 5.05. The summed E-state index contributed by atoms with van der Waals surface area (Å²) in [5, 5.41) is 3.14. The number of ether oxygens (including phenoxy) is 2. The highest BCUT2D eigenvalue weighted by molar-refractivity contribution is 5.68. The Balaban J connectivity index is 2.54. The molecule has 0 unspecified atom stereocenters. The number of carbonyl (C=O) groups excluding carboxylic acids is 1. The van der Waals surface area contributed by atoms with Crippen molar-refractivity contribution in [3.8, 4) is 0 Å². The molecule has 1 rings (SSSR count). The van der Waals surface area contributed by atoms with Crippen LogP contribution in [0.3, 0.4) is 0 Å². The van der Waals surface area contributed by atoms with E-state index in [1.807, 2.05) is 27.8 Å². The van der Waals surface area contributed by atoms with Gasteiger partial charge in [-0.25, -0.2) is 4.79 Å². The monoisotopic (exact) mass is 230 g/mol. The number of likely N-dealkylation sites (tertiary alicyclic amines) is 1. The summed E-state index contributed by atoms with van der Waals surface area (Å²) in [5.41, 5.74) is -0.447. The molecule has 1 saturated heterocycles. The Kier molecular flexibility index (Phi) is 4.15. The van der Waals surface area contributed by atoms with Crippen LogP contribution in [0.25, 0.3) is 0 Å². The average molecular weight is 230 g/mol. The summed E-state index contributed by atoms with van der Waals surface area (Å²) in [6.07, 6.45) is -0.232. The Labute approximate surface area is 97.1 Å². The molecule has 0 aliphatic carbocycles. The zero-order chi connectivity index (χ0) is 12.3. The number of nitrogens with one attached hydrogen (secondary N) is 1. The zero-order valence-electron chi connectivity index (χ0n) is 10.7.